The molecule has 0 aliphatic carbocycles. The molecule has 2 heterocycles. The summed E-state index contributed by atoms with van der Waals surface area (Å²) in [6.45, 7) is 3.37. The Morgan fingerprint density at radius 2 is 1.65 bits per heavy atom. The minimum absolute atomic E-state index is 0.740. The van der Waals surface area contributed by atoms with Gasteiger partial charge in [-0.1, -0.05) is 37.6 Å². The van der Waals surface area contributed by atoms with E-state index in [1.165, 1.54) is 43.2 Å². The number of benzene rings is 1. The molecule has 2 fully saturated rings. The molecule has 2 aliphatic rings. The van der Waals surface area contributed by atoms with Crippen LogP contribution in [0.1, 0.15) is 50.2 Å². The molecular formula is C18H28N2. The van der Waals surface area contributed by atoms with E-state index >= 15 is 0 Å². The van der Waals surface area contributed by atoms with Crippen molar-refractivity contribution >= 4 is 0 Å². The summed E-state index contributed by atoms with van der Waals surface area (Å²) in [5.74, 6) is 0. The predicted molar refractivity (Wildman–Crippen MR) is 84.9 cm³/mol. The molecule has 1 aromatic carbocycles. The molecule has 0 aromatic heterocycles. The van der Waals surface area contributed by atoms with Crippen LogP contribution in [0.2, 0.25) is 0 Å². The molecule has 2 unspecified atom stereocenters. The Morgan fingerprint density at radius 1 is 1.05 bits per heavy atom. The van der Waals surface area contributed by atoms with E-state index in [1.807, 2.05) is 0 Å². The molecular weight excluding hydrogens is 244 g/mol. The second-order valence-corrected chi connectivity index (χ2v) is 6.54. The lowest BCUT2D eigenvalue weighted by Crippen LogP contribution is -2.55. The van der Waals surface area contributed by atoms with Crippen molar-refractivity contribution in [2.45, 2.75) is 70.1 Å². The zero-order valence-electron chi connectivity index (χ0n) is 12.9. The first-order chi connectivity index (χ1) is 9.80. The highest BCUT2D eigenvalue weighted by molar-refractivity contribution is 5.22. The van der Waals surface area contributed by atoms with Crippen molar-refractivity contribution in [1.82, 2.24) is 10.2 Å². The summed E-state index contributed by atoms with van der Waals surface area (Å²) >= 11 is 0. The van der Waals surface area contributed by atoms with Gasteiger partial charge in [0.2, 0.25) is 0 Å². The topological polar surface area (TPSA) is 15.3 Å². The van der Waals surface area contributed by atoms with Gasteiger partial charge in [-0.2, -0.15) is 0 Å². The fraction of sp³-hybridized carbons (Fsp3) is 0.667. The molecule has 110 valence electrons. The summed E-state index contributed by atoms with van der Waals surface area (Å²) in [5, 5.41) is 3.51. The van der Waals surface area contributed by atoms with Crippen LogP contribution in [0.15, 0.2) is 24.3 Å². The third-order valence-corrected chi connectivity index (χ3v) is 5.33. The van der Waals surface area contributed by atoms with Gasteiger partial charge in [0.25, 0.3) is 0 Å². The van der Waals surface area contributed by atoms with E-state index < -0.39 is 0 Å². The van der Waals surface area contributed by atoms with E-state index in [1.54, 1.807) is 0 Å². The molecule has 2 nitrogen and oxygen atoms in total. The number of hydrogen-bond donors (Lipinski definition) is 1. The zero-order chi connectivity index (χ0) is 13.9. The van der Waals surface area contributed by atoms with Gasteiger partial charge in [0.05, 0.1) is 0 Å². The van der Waals surface area contributed by atoms with Gasteiger partial charge in [-0.25, -0.2) is 0 Å². The van der Waals surface area contributed by atoms with Crippen LogP contribution in [-0.2, 0) is 13.0 Å². The third kappa shape index (κ3) is 2.91. The summed E-state index contributed by atoms with van der Waals surface area (Å²) in [5.41, 5.74) is 2.94. The molecule has 1 aromatic rings. The standard InChI is InChI=1S/C18H28N2/c1-3-14-7-9-15(10-8-14)13-20-17-5-4-6-18(20)12-16(11-17)19-2/h7-10,16-19H,3-6,11-13H2,1-2H3. The largest absolute Gasteiger partial charge is 0.317 e. The first kappa shape index (κ1) is 14.1. The summed E-state index contributed by atoms with van der Waals surface area (Å²) in [4.78, 5) is 2.79. The molecule has 0 saturated carbocycles. The van der Waals surface area contributed by atoms with Gasteiger partial charge in [0.15, 0.2) is 0 Å². The Kier molecular flexibility index (Phi) is 4.42. The number of rotatable bonds is 4. The highest BCUT2D eigenvalue weighted by Gasteiger charge is 2.37. The maximum absolute atomic E-state index is 3.51. The van der Waals surface area contributed by atoms with Crippen LogP contribution in [0.5, 0.6) is 0 Å². The number of piperidine rings is 2. The van der Waals surface area contributed by atoms with Gasteiger partial charge in [-0.3, -0.25) is 4.90 Å². The Balaban J connectivity index is 1.69. The van der Waals surface area contributed by atoms with E-state index in [-0.39, 0.29) is 0 Å². The van der Waals surface area contributed by atoms with Crippen LogP contribution in [-0.4, -0.2) is 30.1 Å². The first-order valence-corrected chi connectivity index (χ1v) is 8.31. The predicted octanol–water partition coefficient (Wildman–Crippen LogP) is 3.35. The number of hydrogen-bond acceptors (Lipinski definition) is 2. The van der Waals surface area contributed by atoms with Gasteiger partial charge in [0.1, 0.15) is 0 Å². The van der Waals surface area contributed by atoms with Crippen molar-refractivity contribution in [2.75, 3.05) is 7.05 Å². The van der Waals surface area contributed by atoms with Crippen LogP contribution in [0.25, 0.3) is 0 Å². The van der Waals surface area contributed by atoms with E-state index in [2.05, 4.69) is 48.5 Å². The minimum atomic E-state index is 0.740. The molecule has 2 bridgehead atoms. The summed E-state index contributed by atoms with van der Waals surface area (Å²) in [7, 11) is 2.12. The van der Waals surface area contributed by atoms with Crippen LogP contribution < -0.4 is 5.32 Å². The zero-order valence-corrected chi connectivity index (χ0v) is 12.9. The van der Waals surface area contributed by atoms with E-state index in [4.69, 9.17) is 0 Å². The maximum atomic E-state index is 3.51. The maximum Gasteiger partial charge on any atom is 0.0239 e. The van der Waals surface area contributed by atoms with Gasteiger partial charge in [-0.05, 0) is 50.3 Å². The van der Waals surface area contributed by atoms with Gasteiger partial charge < -0.3 is 5.32 Å². The molecule has 2 aliphatic heterocycles. The van der Waals surface area contributed by atoms with Crippen molar-refractivity contribution in [3.63, 3.8) is 0 Å². The summed E-state index contributed by atoms with van der Waals surface area (Å²) in [6.07, 6.45) is 8.01. The quantitative estimate of drug-likeness (QED) is 0.904. The molecule has 0 amide bonds. The minimum Gasteiger partial charge on any atom is -0.317 e. The Bertz CT molecular complexity index is 412. The lowest BCUT2D eigenvalue weighted by atomic mass is 9.81. The number of nitrogens with zero attached hydrogens (tertiary/aromatic N) is 1. The highest BCUT2D eigenvalue weighted by Crippen LogP contribution is 2.35. The fourth-order valence-corrected chi connectivity index (χ4v) is 4.06. The van der Waals surface area contributed by atoms with E-state index in [0.717, 1.165) is 31.1 Å². The van der Waals surface area contributed by atoms with Gasteiger partial charge in [0, 0.05) is 24.7 Å². The van der Waals surface area contributed by atoms with Crippen molar-refractivity contribution in [3.05, 3.63) is 35.4 Å². The number of aryl methyl sites for hydroxylation is 1. The van der Waals surface area contributed by atoms with Crippen molar-refractivity contribution in [1.29, 1.82) is 0 Å². The Morgan fingerprint density at radius 3 is 2.20 bits per heavy atom. The average Bonchev–Trinajstić information content (AvgIpc) is 2.47. The molecule has 0 radical (unpaired) electrons. The van der Waals surface area contributed by atoms with Crippen LogP contribution in [0.4, 0.5) is 0 Å². The smallest absolute Gasteiger partial charge is 0.0239 e. The summed E-state index contributed by atoms with van der Waals surface area (Å²) < 4.78 is 0. The third-order valence-electron chi connectivity index (χ3n) is 5.33. The second-order valence-electron chi connectivity index (χ2n) is 6.54. The van der Waals surface area contributed by atoms with Gasteiger partial charge >= 0.3 is 0 Å². The Labute approximate surface area is 123 Å². The van der Waals surface area contributed by atoms with Crippen LogP contribution in [0, 0.1) is 0 Å². The van der Waals surface area contributed by atoms with Crippen LogP contribution >= 0.6 is 0 Å². The monoisotopic (exact) mass is 272 g/mol. The lowest BCUT2D eigenvalue weighted by molar-refractivity contribution is 0.0190. The van der Waals surface area contributed by atoms with Crippen molar-refractivity contribution in [3.8, 4) is 0 Å². The molecule has 2 heteroatoms. The molecule has 2 saturated heterocycles. The first-order valence-electron chi connectivity index (χ1n) is 8.31. The molecule has 2 atom stereocenters. The van der Waals surface area contributed by atoms with E-state index in [9.17, 15) is 0 Å². The molecule has 0 spiro atoms. The lowest BCUT2D eigenvalue weighted by Gasteiger charge is -2.49. The van der Waals surface area contributed by atoms with Crippen LogP contribution in [0.3, 0.4) is 0 Å². The molecule has 1 N–H and O–H groups in total. The van der Waals surface area contributed by atoms with Gasteiger partial charge in [-0.15, -0.1) is 0 Å². The number of fused-ring (bicyclic) bond motifs is 2. The highest BCUT2D eigenvalue weighted by atomic mass is 15.2. The SMILES string of the molecule is CCc1ccc(CN2C3CCCC2CC(NC)C3)cc1. The van der Waals surface area contributed by atoms with Crippen molar-refractivity contribution in [2.24, 2.45) is 0 Å². The fourth-order valence-electron chi connectivity index (χ4n) is 4.06. The Hall–Kier alpha value is -0.860. The molecule has 20 heavy (non-hydrogen) atoms. The normalized spacial score (nSPS) is 30.4. The number of nitrogens with one attached hydrogen (secondary N) is 1. The van der Waals surface area contributed by atoms with E-state index in [0.29, 0.717) is 0 Å². The molecule has 3 rings (SSSR count). The van der Waals surface area contributed by atoms with Crippen molar-refractivity contribution < 1.29 is 0 Å². The second kappa shape index (κ2) is 6.28. The average molecular weight is 272 g/mol. The summed E-state index contributed by atoms with van der Waals surface area (Å²) in [6, 6.07) is 11.6.